The maximum atomic E-state index is 5.23. The Bertz CT molecular complexity index is 230. The van der Waals surface area contributed by atoms with Gasteiger partial charge in [0.15, 0.2) is 0 Å². The van der Waals surface area contributed by atoms with Crippen molar-refractivity contribution in [1.29, 1.82) is 0 Å². The minimum absolute atomic E-state index is 0.664. The van der Waals surface area contributed by atoms with E-state index in [2.05, 4.69) is 24.1 Å². The van der Waals surface area contributed by atoms with Gasteiger partial charge in [-0.15, -0.1) is 0 Å². The lowest BCUT2D eigenvalue weighted by Crippen LogP contribution is -2.59. The van der Waals surface area contributed by atoms with E-state index in [1.165, 1.54) is 32.4 Å². The predicted octanol–water partition coefficient (Wildman–Crippen LogP) is 1.87. The highest BCUT2D eigenvalue weighted by Gasteiger charge is 2.39. The lowest BCUT2D eigenvalue weighted by molar-refractivity contribution is 0.0570. The van der Waals surface area contributed by atoms with E-state index in [1.807, 2.05) is 0 Å². The Labute approximate surface area is 106 Å². The van der Waals surface area contributed by atoms with Crippen molar-refractivity contribution in [1.82, 2.24) is 10.2 Å². The molecule has 2 fully saturated rings. The van der Waals surface area contributed by atoms with Gasteiger partial charge in [-0.1, -0.05) is 6.92 Å². The number of hydrogen-bond acceptors (Lipinski definition) is 3. The van der Waals surface area contributed by atoms with Crippen molar-refractivity contribution in [2.24, 2.45) is 5.92 Å². The van der Waals surface area contributed by atoms with Crippen molar-refractivity contribution in [3.8, 4) is 0 Å². The Balaban J connectivity index is 1.91. The summed E-state index contributed by atoms with van der Waals surface area (Å²) in [5.74, 6) is 0.963. The van der Waals surface area contributed by atoms with Gasteiger partial charge < -0.3 is 10.1 Å². The van der Waals surface area contributed by atoms with Crippen molar-refractivity contribution in [3.63, 3.8) is 0 Å². The molecule has 1 N–H and O–H groups in total. The quantitative estimate of drug-likeness (QED) is 0.767. The van der Waals surface area contributed by atoms with Gasteiger partial charge in [-0.3, -0.25) is 4.90 Å². The van der Waals surface area contributed by atoms with Crippen LogP contribution in [-0.2, 0) is 4.74 Å². The van der Waals surface area contributed by atoms with Gasteiger partial charge in [-0.25, -0.2) is 0 Å². The predicted molar refractivity (Wildman–Crippen MR) is 71.3 cm³/mol. The van der Waals surface area contributed by atoms with E-state index in [1.54, 1.807) is 7.11 Å². The Kier molecular flexibility index (Phi) is 4.83. The van der Waals surface area contributed by atoms with E-state index in [0.717, 1.165) is 25.0 Å². The second kappa shape index (κ2) is 6.17. The molecule has 3 nitrogen and oxygen atoms in total. The summed E-state index contributed by atoms with van der Waals surface area (Å²) in [6, 6.07) is 2.14. The molecule has 17 heavy (non-hydrogen) atoms. The summed E-state index contributed by atoms with van der Waals surface area (Å²) >= 11 is 0. The van der Waals surface area contributed by atoms with E-state index in [4.69, 9.17) is 4.74 Å². The van der Waals surface area contributed by atoms with Gasteiger partial charge in [0.25, 0.3) is 0 Å². The standard InChI is InChI=1S/C14H28N2O/c1-4-13-10-16(11(2)7-8-17-3)14(9-15-13)12-5-6-12/h11-15H,4-10H2,1-3H3. The summed E-state index contributed by atoms with van der Waals surface area (Å²) < 4.78 is 5.23. The normalized spacial score (nSPS) is 32.6. The van der Waals surface area contributed by atoms with Crippen LogP contribution in [0.4, 0.5) is 0 Å². The second-order valence-electron chi connectivity index (χ2n) is 5.75. The average molecular weight is 240 g/mol. The third kappa shape index (κ3) is 3.43. The summed E-state index contributed by atoms with van der Waals surface area (Å²) in [6.07, 6.45) is 5.29. The van der Waals surface area contributed by atoms with E-state index < -0.39 is 0 Å². The van der Waals surface area contributed by atoms with Crippen LogP contribution in [0.1, 0.15) is 39.5 Å². The smallest absolute Gasteiger partial charge is 0.0477 e. The third-order valence-corrected chi connectivity index (χ3v) is 4.44. The van der Waals surface area contributed by atoms with Crippen LogP contribution in [0.25, 0.3) is 0 Å². The molecule has 0 aromatic carbocycles. The molecule has 2 rings (SSSR count). The van der Waals surface area contributed by atoms with E-state index in [0.29, 0.717) is 12.1 Å². The average Bonchev–Trinajstić information content (AvgIpc) is 3.19. The van der Waals surface area contributed by atoms with Crippen molar-refractivity contribution in [3.05, 3.63) is 0 Å². The Hall–Kier alpha value is -0.120. The fourth-order valence-electron chi connectivity index (χ4n) is 3.01. The molecule has 3 unspecified atom stereocenters. The first-order chi connectivity index (χ1) is 8.26. The molecule has 1 saturated heterocycles. The van der Waals surface area contributed by atoms with Gasteiger partial charge in [-0.05, 0) is 38.5 Å². The van der Waals surface area contributed by atoms with Crippen LogP contribution in [0.15, 0.2) is 0 Å². The molecule has 2 aliphatic rings. The van der Waals surface area contributed by atoms with Crippen LogP contribution >= 0.6 is 0 Å². The fourth-order valence-corrected chi connectivity index (χ4v) is 3.01. The lowest BCUT2D eigenvalue weighted by Gasteiger charge is -2.44. The van der Waals surface area contributed by atoms with Gasteiger partial charge >= 0.3 is 0 Å². The number of rotatable bonds is 6. The molecule has 0 aromatic heterocycles. The lowest BCUT2D eigenvalue weighted by atomic mass is 10.00. The molecule has 0 amide bonds. The summed E-state index contributed by atoms with van der Waals surface area (Å²) in [4.78, 5) is 2.75. The highest BCUT2D eigenvalue weighted by atomic mass is 16.5. The topological polar surface area (TPSA) is 24.5 Å². The van der Waals surface area contributed by atoms with Crippen molar-refractivity contribution < 1.29 is 4.74 Å². The number of nitrogens with one attached hydrogen (secondary N) is 1. The summed E-state index contributed by atoms with van der Waals surface area (Å²) in [7, 11) is 1.80. The minimum atomic E-state index is 0.664. The Morgan fingerprint density at radius 2 is 2.18 bits per heavy atom. The largest absolute Gasteiger partial charge is 0.385 e. The summed E-state index contributed by atoms with van der Waals surface area (Å²) in [5, 5.41) is 3.71. The molecule has 100 valence electrons. The molecule has 0 bridgehead atoms. The molecule has 0 spiro atoms. The van der Waals surface area contributed by atoms with Crippen molar-refractivity contribution >= 4 is 0 Å². The molecule has 1 heterocycles. The molecule has 1 saturated carbocycles. The van der Waals surface area contributed by atoms with E-state index in [-0.39, 0.29) is 0 Å². The zero-order valence-electron chi connectivity index (χ0n) is 11.6. The van der Waals surface area contributed by atoms with E-state index >= 15 is 0 Å². The molecule has 1 aliphatic carbocycles. The van der Waals surface area contributed by atoms with Crippen LogP contribution < -0.4 is 5.32 Å². The summed E-state index contributed by atoms with van der Waals surface area (Å²) in [6.45, 7) is 7.96. The van der Waals surface area contributed by atoms with Gasteiger partial charge in [0, 0.05) is 44.9 Å². The molecular weight excluding hydrogens is 212 g/mol. The number of hydrogen-bond donors (Lipinski definition) is 1. The molecule has 0 aromatic rings. The number of nitrogens with zero attached hydrogens (tertiary/aromatic N) is 1. The van der Waals surface area contributed by atoms with Gasteiger partial charge in [0.2, 0.25) is 0 Å². The highest BCUT2D eigenvalue weighted by molar-refractivity contribution is 4.96. The number of methoxy groups -OCH3 is 1. The van der Waals surface area contributed by atoms with Crippen LogP contribution in [0.5, 0.6) is 0 Å². The number of ether oxygens (including phenoxy) is 1. The fraction of sp³-hybridized carbons (Fsp3) is 1.00. The summed E-state index contributed by atoms with van der Waals surface area (Å²) in [5.41, 5.74) is 0. The molecular formula is C14H28N2O. The van der Waals surface area contributed by atoms with Crippen LogP contribution in [0, 0.1) is 5.92 Å². The molecule has 0 radical (unpaired) electrons. The van der Waals surface area contributed by atoms with Crippen molar-refractivity contribution in [2.75, 3.05) is 26.8 Å². The first-order valence-electron chi connectivity index (χ1n) is 7.24. The SMILES string of the molecule is CCC1CN(C(C)CCOC)C(C2CC2)CN1. The second-order valence-corrected chi connectivity index (χ2v) is 5.75. The first kappa shape index (κ1) is 13.3. The highest BCUT2D eigenvalue weighted by Crippen LogP contribution is 2.37. The van der Waals surface area contributed by atoms with E-state index in [9.17, 15) is 0 Å². The Morgan fingerprint density at radius 3 is 2.76 bits per heavy atom. The van der Waals surface area contributed by atoms with Crippen LogP contribution in [0.2, 0.25) is 0 Å². The van der Waals surface area contributed by atoms with Crippen LogP contribution in [0.3, 0.4) is 0 Å². The van der Waals surface area contributed by atoms with Gasteiger partial charge in [-0.2, -0.15) is 0 Å². The minimum Gasteiger partial charge on any atom is -0.385 e. The van der Waals surface area contributed by atoms with Gasteiger partial charge in [0.1, 0.15) is 0 Å². The van der Waals surface area contributed by atoms with Crippen LogP contribution in [-0.4, -0.2) is 49.8 Å². The zero-order valence-corrected chi connectivity index (χ0v) is 11.6. The first-order valence-corrected chi connectivity index (χ1v) is 7.24. The zero-order chi connectivity index (χ0) is 12.3. The maximum Gasteiger partial charge on any atom is 0.0477 e. The molecule has 3 heteroatoms. The van der Waals surface area contributed by atoms with Crippen molar-refractivity contribution in [2.45, 2.75) is 57.7 Å². The monoisotopic (exact) mass is 240 g/mol. The van der Waals surface area contributed by atoms with Gasteiger partial charge in [0.05, 0.1) is 0 Å². The maximum absolute atomic E-state index is 5.23. The molecule has 1 aliphatic heterocycles. The number of piperazine rings is 1. The molecule has 3 atom stereocenters. The third-order valence-electron chi connectivity index (χ3n) is 4.44. The Morgan fingerprint density at radius 1 is 1.41 bits per heavy atom.